The fourth-order valence-electron chi connectivity index (χ4n) is 4.47. The summed E-state index contributed by atoms with van der Waals surface area (Å²) < 4.78 is 0. The number of piperazine rings is 1. The molecule has 1 atom stereocenters. The van der Waals surface area contributed by atoms with Crippen molar-refractivity contribution in [3.8, 4) is 0 Å². The van der Waals surface area contributed by atoms with Crippen molar-refractivity contribution >= 4 is 17.5 Å². The molecule has 5 nitrogen and oxygen atoms in total. The maximum atomic E-state index is 4.97. The second-order valence-corrected chi connectivity index (χ2v) is 8.55. The third-order valence-electron chi connectivity index (χ3n) is 6.29. The second-order valence-electron chi connectivity index (χ2n) is 8.55. The molecule has 0 radical (unpaired) electrons. The molecule has 4 rings (SSSR count). The molecule has 3 heterocycles. The van der Waals surface area contributed by atoms with E-state index < -0.39 is 0 Å². The van der Waals surface area contributed by atoms with E-state index in [1.165, 1.54) is 29.7 Å². The first-order valence-corrected chi connectivity index (χ1v) is 10.7. The predicted octanol–water partition coefficient (Wildman–Crippen LogP) is 3.96. The Morgan fingerprint density at radius 1 is 0.893 bits per heavy atom. The smallest absolute Gasteiger partial charge is 0.227 e. The summed E-state index contributed by atoms with van der Waals surface area (Å²) in [5, 5.41) is 0. The van der Waals surface area contributed by atoms with Crippen molar-refractivity contribution in [1.29, 1.82) is 0 Å². The van der Waals surface area contributed by atoms with Crippen LogP contribution in [0, 0.1) is 26.7 Å². The topological polar surface area (TPSA) is 35.5 Å². The number of nitrogens with zero attached hydrogens (tertiary/aromatic N) is 5. The first-order valence-electron chi connectivity index (χ1n) is 10.7. The van der Waals surface area contributed by atoms with Crippen LogP contribution in [0.15, 0.2) is 24.3 Å². The second kappa shape index (κ2) is 7.98. The molecule has 150 valence electrons. The lowest BCUT2D eigenvalue weighted by Gasteiger charge is -2.38. The zero-order chi connectivity index (χ0) is 19.7. The van der Waals surface area contributed by atoms with Gasteiger partial charge >= 0.3 is 0 Å². The number of aromatic nitrogens is 2. The number of anilines is 3. The monoisotopic (exact) mass is 379 g/mol. The normalized spacial score (nSPS) is 20.6. The number of rotatable bonds is 3. The molecule has 0 spiro atoms. The van der Waals surface area contributed by atoms with E-state index in [1.54, 1.807) is 0 Å². The van der Waals surface area contributed by atoms with Crippen LogP contribution in [0.2, 0.25) is 0 Å². The van der Waals surface area contributed by atoms with Crippen LogP contribution in [-0.2, 0) is 0 Å². The predicted molar refractivity (Wildman–Crippen MR) is 118 cm³/mol. The largest absolute Gasteiger partial charge is 0.368 e. The maximum absolute atomic E-state index is 4.97. The highest BCUT2D eigenvalue weighted by atomic mass is 15.3. The van der Waals surface area contributed by atoms with E-state index in [9.17, 15) is 0 Å². The van der Waals surface area contributed by atoms with Gasteiger partial charge < -0.3 is 14.7 Å². The molecule has 2 saturated heterocycles. The fourth-order valence-corrected chi connectivity index (χ4v) is 4.47. The minimum atomic E-state index is 0.724. The van der Waals surface area contributed by atoms with Gasteiger partial charge in [0.2, 0.25) is 5.95 Å². The first kappa shape index (κ1) is 19.0. The Kier molecular flexibility index (Phi) is 5.42. The SMILES string of the molecule is Cc1cc(N2CCN(c3cccc(C)c3C)CC2)nc(N2CCCC(C)C2)n1. The number of benzene rings is 1. The number of hydrogen-bond acceptors (Lipinski definition) is 5. The molecule has 0 N–H and O–H groups in total. The average molecular weight is 380 g/mol. The summed E-state index contributed by atoms with van der Waals surface area (Å²) in [4.78, 5) is 17.0. The lowest BCUT2D eigenvalue weighted by molar-refractivity contribution is 0.441. The Morgan fingerprint density at radius 2 is 1.64 bits per heavy atom. The maximum Gasteiger partial charge on any atom is 0.227 e. The third-order valence-corrected chi connectivity index (χ3v) is 6.29. The standard InChI is InChI=1S/C23H33N5/c1-17-7-6-10-28(16-17)23-24-19(3)15-22(25-23)27-13-11-26(12-14-27)21-9-5-8-18(2)20(21)4/h5,8-9,15,17H,6-7,10-14,16H2,1-4H3. The molecule has 2 aliphatic heterocycles. The van der Waals surface area contributed by atoms with Crippen molar-refractivity contribution in [3.05, 3.63) is 41.1 Å². The lowest BCUT2D eigenvalue weighted by atomic mass is 10.0. The quantitative estimate of drug-likeness (QED) is 0.806. The molecule has 2 fully saturated rings. The summed E-state index contributed by atoms with van der Waals surface area (Å²) in [7, 11) is 0. The van der Waals surface area contributed by atoms with Crippen molar-refractivity contribution in [2.24, 2.45) is 5.92 Å². The van der Waals surface area contributed by atoms with Crippen LogP contribution in [0.25, 0.3) is 0 Å². The van der Waals surface area contributed by atoms with Crippen molar-refractivity contribution < 1.29 is 0 Å². The first-order chi connectivity index (χ1) is 13.5. The van der Waals surface area contributed by atoms with E-state index in [1.807, 2.05) is 0 Å². The third kappa shape index (κ3) is 3.94. The van der Waals surface area contributed by atoms with Crippen molar-refractivity contribution in [1.82, 2.24) is 9.97 Å². The summed E-state index contributed by atoms with van der Waals surface area (Å²) in [5.74, 6) is 2.72. The van der Waals surface area contributed by atoms with Gasteiger partial charge in [-0.2, -0.15) is 4.98 Å². The highest BCUT2D eigenvalue weighted by molar-refractivity contribution is 5.57. The number of hydrogen-bond donors (Lipinski definition) is 0. The number of aryl methyl sites for hydroxylation is 2. The molecular weight excluding hydrogens is 346 g/mol. The number of piperidine rings is 1. The van der Waals surface area contributed by atoms with Crippen LogP contribution in [0.3, 0.4) is 0 Å². The molecule has 2 aromatic rings. The lowest BCUT2D eigenvalue weighted by Crippen LogP contribution is -2.47. The Morgan fingerprint density at radius 3 is 2.39 bits per heavy atom. The van der Waals surface area contributed by atoms with Gasteiger partial charge in [-0.1, -0.05) is 19.1 Å². The van der Waals surface area contributed by atoms with E-state index in [-0.39, 0.29) is 0 Å². The van der Waals surface area contributed by atoms with Gasteiger partial charge in [0, 0.05) is 56.7 Å². The summed E-state index contributed by atoms with van der Waals surface area (Å²) in [5.41, 5.74) is 5.21. The molecule has 0 amide bonds. The van der Waals surface area contributed by atoms with Crippen molar-refractivity contribution in [2.45, 2.75) is 40.5 Å². The van der Waals surface area contributed by atoms with Gasteiger partial charge in [0.15, 0.2) is 0 Å². The Hall–Kier alpha value is -2.30. The van der Waals surface area contributed by atoms with E-state index in [0.29, 0.717) is 0 Å². The van der Waals surface area contributed by atoms with Crippen LogP contribution < -0.4 is 14.7 Å². The fraction of sp³-hybridized carbons (Fsp3) is 0.565. The Labute approximate surface area is 169 Å². The minimum Gasteiger partial charge on any atom is -0.368 e. The van der Waals surface area contributed by atoms with E-state index in [4.69, 9.17) is 9.97 Å². The van der Waals surface area contributed by atoms with Crippen LogP contribution in [0.5, 0.6) is 0 Å². The van der Waals surface area contributed by atoms with E-state index in [2.05, 4.69) is 66.7 Å². The molecule has 1 aromatic heterocycles. The van der Waals surface area contributed by atoms with Crippen molar-refractivity contribution in [2.75, 3.05) is 54.0 Å². The van der Waals surface area contributed by atoms with Gasteiger partial charge in [-0.05, 0) is 56.7 Å². The van der Waals surface area contributed by atoms with Gasteiger partial charge in [0.1, 0.15) is 5.82 Å². The molecule has 5 heteroatoms. The van der Waals surface area contributed by atoms with E-state index >= 15 is 0 Å². The van der Waals surface area contributed by atoms with Crippen LogP contribution in [-0.4, -0.2) is 49.2 Å². The summed E-state index contributed by atoms with van der Waals surface area (Å²) in [6, 6.07) is 8.76. The van der Waals surface area contributed by atoms with Crippen molar-refractivity contribution in [3.63, 3.8) is 0 Å². The van der Waals surface area contributed by atoms with E-state index in [0.717, 1.165) is 62.6 Å². The van der Waals surface area contributed by atoms with Gasteiger partial charge in [-0.15, -0.1) is 0 Å². The Bertz CT molecular complexity index is 826. The Balaban J connectivity index is 1.48. The molecular formula is C23H33N5. The molecule has 0 saturated carbocycles. The zero-order valence-corrected chi connectivity index (χ0v) is 17.8. The summed E-state index contributed by atoms with van der Waals surface area (Å²) >= 11 is 0. The molecule has 28 heavy (non-hydrogen) atoms. The highest BCUT2D eigenvalue weighted by Crippen LogP contribution is 2.26. The highest BCUT2D eigenvalue weighted by Gasteiger charge is 2.23. The molecule has 1 unspecified atom stereocenters. The zero-order valence-electron chi connectivity index (χ0n) is 17.8. The molecule has 0 bridgehead atoms. The molecule has 1 aromatic carbocycles. The molecule has 0 aliphatic carbocycles. The van der Waals surface area contributed by atoms with Gasteiger partial charge in [-0.3, -0.25) is 0 Å². The molecule has 2 aliphatic rings. The van der Waals surface area contributed by atoms with Crippen LogP contribution in [0.4, 0.5) is 17.5 Å². The van der Waals surface area contributed by atoms with Crippen LogP contribution in [0.1, 0.15) is 36.6 Å². The van der Waals surface area contributed by atoms with Crippen LogP contribution >= 0.6 is 0 Å². The summed E-state index contributed by atoms with van der Waals surface area (Å²) in [6.07, 6.45) is 2.55. The average Bonchev–Trinajstić information content (AvgIpc) is 2.70. The van der Waals surface area contributed by atoms with Gasteiger partial charge in [-0.25, -0.2) is 4.98 Å². The summed E-state index contributed by atoms with van der Waals surface area (Å²) in [6.45, 7) is 15.1. The minimum absolute atomic E-state index is 0.724. The van der Waals surface area contributed by atoms with Gasteiger partial charge in [0.25, 0.3) is 0 Å². The van der Waals surface area contributed by atoms with Gasteiger partial charge in [0.05, 0.1) is 0 Å².